The second-order valence-electron chi connectivity index (χ2n) is 4.74. The van der Waals surface area contributed by atoms with Crippen LogP contribution in [0.1, 0.15) is 41.6 Å². The van der Waals surface area contributed by atoms with Gasteiger partial charge in [-0.05, 0) is 36.6 Å². The normalized spacial score (nSPS) is 24.6. The lowest BCUT2D eigenvalue weighted by Gasteiger charge is -2.27. The molecule has 0 aromatic carbocycles. The number of thiophene rings is 1. The second-order valence-corrected chi connectivity index (χ2v) is 6.66. The third-order valence-electron chi connectivity index (χ3n) is 3.44. The maximum absolute atomic E-state index is 12.0. The van der Waals surface area contributed by atoms with Crippen molar-refractivity contribution in [2.75, 3.05) is 6.54 Å². The predicted octanol–water partition coefficient (Wildman–Crippen LogP) is 3.74. The Morgan fingerprint density at radius 3 is 2.88 bits per heavy atom. The first-order valence-electron chi connectivity index (χ1n) is 6.13. The van der Waals surface area contributed by atoms with E-state index < -0.39 is 0 Å². The van der Waals surface area contributed by atoms with Crippen molar-refractivity contribution >= 4 is 33.2 Å². The molecule has 1 aliphatic rings. The van der Waals surface area contributed by atoms with Gasteiger partial charge in [0, 0.05) is 16.8 Å². The highest BCUT2D eigenvalue weighted by molar-refractivity contribution is 9.09. The summed E-state index contributed by atoms with van der Waals surface area (Å²) in [4.78, 5) is 12.5. The SMILES string of the molecule is Cc1cscc1C(=O)NCC1CCCCC1Br. The lowest BCUT2D eigenvalue weighted by atomic mass is 9.89. The van der Waals surface area contributed by atoms with Crippen molar-refractivity contribution in [3.05, 3.63) is 21.9 Å². The summed E-state index contributed by atoms with van der Waals surface area (Å²) in [6.07, 6.45) is 5.06. The molecule has 1 aliphatic carbocycles. The van der Waals surface area contributed by atoms with Gasteiger partial charge in [-0.3, -0.25) is 4.79 Å². The number of halogens is 1. The van der Waals surface area contributed by atoms with E-state index >= 15 is 0 Å². The minimum absolute atomic E-state index is 0.0778. The average Bonchev–Trinajstić information content (AvgIpc) is 2.74. The molecular weight excluding hydrogens is 298 g/mol. The molecule has 2 unspecified atom stereocenters. The summed E-state index contributed by atoms with van der Waals surface area (Å²) >= 11 is 5.31. The largest absolute Gasteiger partial charge is 0.352 e. The van der Waals surface area contributed by atoms with E-state index in [1.807, 2.05) is 17.7 Å². The van der Waals surface area contributed by atoms with E-state index in [0.29, 0.717) is 10.7 Å². The quantitative estimate of drug-likeness (QED) is 0.846. The highest BCUT2D eigenvalue weighted by atomic mass is 79.9. The fourth-order valence-corrected chi connectivity index (χ4v) is 3.91. The van der Waals surface area contributed by atoms with Crippen molar-refractivity contribution in [1.29, 1.82) is 0 Å². The van der Waals surface area contributed by atoms with E-state index in [4.69, 9.17) is 0 Å². The fourth-order valence-electron chi connectivity index (χ4n) is 2.30. The molecule has 0 bridgehead atoms. The fraction of sp³-hybridized carbons (Fsp3) is 0.615. The van der Waals surface area contributed by atoms with Crippen molar-refractivity contribution < 1.29 is 4.79 Å². The first kappa shape index (κ1) is 13.1. The molecule has 1 N–H and O–H groups in total. The number of amides is 1. The first-order valence-corrected chi connectivity index (χ1v) is 7.99. The molecule has 1 saturated carbocycles. The van der Waals surface area contributed by atoms with Crippen LogP contribution < -0.4 is 5.32 Å². The molecule has 2 atom stereocenters. The standard InChI is InChI=1S/C13H18BrNOS/c1-9-7-17-8-11(9)13(16)15-6-10-4-2-3-5-12(10)14/h7-8,10,12H,2-6H2,1H3,(H,15,16). The molecule has 4 heteroatoms. The first-order chi connectivity index (χ1) is 8.18. The molecule has 2 rings (SSSR count). The monoisotopic (exact) mass is 315 g/mol. The zero-order valence-corrected chi connectivity index (χ0v) is 12.4. The van der Waals surface area contributed by atoms with Gasteiger partial charge in [0.1, 0.15) is 0 Å². The highest BCUT2D eigenvalue weighted by Crippen LogP contribution is 2.29. The van der Waals surface area contributed by atoms with E-state index in [1.54, 1.807) is 11.3 Å². The number of carbonyl (C=O) groups excluding carboxylic acids is 1. The maximum atomic E-state index is 12.0. The van der Waals surface area contributed by atoms with Crippen molar-refractivity contribution in [1.82, 2.24) is 5.32 Å². The second kappa shape index (κ2) is 6.01. The lowest BCUT2D eigenvalue weighted by molar-refractivity contribution is 0.0944. The van der Waals surface area contributed by atoms with E-state index in [0.717, 1.165) is 17.7 Å². The minimum atomic E-state index is 0.0778. The number of aryl methyl sites for hydroxylation is 1. The van der Waals surface area contributed by atoms with Crippen LogP contribution in [-0.2, 0) is 0 Å². The molecule has 1 aromatic rings. The third kappa shape index (κ3) is 3.32. The molecule has 0 aliphatic heterocycles. The maximum Gasteiger partial charge on any atom is 0.252 e. The summed E-state index contributed by atoms with van der Waals surface area (Å²) in [7, 11) is 0. The van der Waals surface area contributed by atoms with Crippen molar-refractivity contribution in [3.63, 3.8) is 0 Å². The molecule has 0 spiro atoms. The van der Waals surface area contributed by atoms with E-state index in [-0.39, 0.29) is 5.91 Å². The van der Waals surface area contributed by atoms with Gasteiger partial charge in [0.25, 0.3) is 5.91 Å². The predicted molar refractivity (Wildman–Crippen MR) is 76.1 cm³/mol. The molecule has 1 fully saturated rings. The Hall–Kier alpha value is -0.350. The smallest absolute Gasteiger partial charge is 0.252 e. The molecule has 1 amide bonds. The summed E-state index contributed by atoms with van der Waals surface area (Å²) in [6, 6.07) is 0. The number of alkyl halides is 1. The van der Waals surface area contributed by atoms with Crippen LogP contribution in [0.5, 0.6) is 0 Å². The van der Waals surface area contributed by atoms with Crippen LogP contribution in [-0.4, -0.2) is 17.3 Å². The van der Waals surface area contributed by atoms with Crippen LogP contribution in [0.2, 0.25) is 0 Å². The van der Waals surface area contributed by atoms with Crippen LogP contribution in [0.4, 0.5) is 0 Å². The van der Waals surface area contributed by atoms with Crippen LogP contribution >= 0.6 is 27.3 Å². The van der Waals surface area contributed by atoms with Gasteiger partial charge in [-0.15, -0.1) is 0 Å². The highest BCUT2D eigenvalue weighted by Gasteiger charge is 2.23. The minimum Gasteiger partial charge on any atom is -0.352 e. The van der Waals surface area contributed by atoms with Crippen LogP contribution in [0.3, 0.4) is 0 Å². The Kier molecular flexibility index (Phi) is 4.62. The lowest BCUT2D eigenvalue weighted by Crippen LogP contribution is -2.34. The zero-order chi connectivity index (χ0) is 12.3. The van der Waals surface area contributed by atoms with Crippen LogP contribution in [0, 0.1) is 12.8 Å². The summed E-state index contributed by atoms with van der Waals surface area (Å²) in [5.41, 5.74) is 1.91. The summed E-state index contributed by atoms with van der Waals surface area (Å²) in [5.74, 6) is 0.667. The van der Waals surface area contributed by atoms with Gasteiger partial charge in [-0.2, -0.15) is 11.3 Å². The summed E-state index contributed by atoms with van der Waals surface area (Å²) in [6.45, 7) is 2.78. The third-order valence-corrected chi connectivity index (χ3v) is 5.51. The molecule has 1 heterocycles. The molecule has 1 aromatic heterocycles. The molecule has 0 radical (unpaired) electrons. The van der Waals surface area contributed by atoms with Gasteiger partial charge in [0.2, 0.25) is 0 Å². The number of hydrogen-bond donors (Lipinski definition) is 1. The van der Waals surface area contributed by atoms with Crippen molar-refractivity contribution in [2.45, 2.75) is 37.4 Å². The topological polar surface area (TPSA) is 29.1 Å². The number of hydrogen-bond acceptors (Lipinski definition) is 2. The number of nitrogens with one attached hydrogen (secondary N) is 1. The van der Waals surface area contributed by atoms with Gasteiger partial charge in [0.05, 0.1) is 5.56 Å². The summed E-state index contributed by atoms with van der Waals surface area (Å²) < 4.78 is 0. The Bertz CT molecular complexity index is 391. The zero-order valence-electron chi connectivity index (χ0n) is 10.0. The Morgan fingerprint density at radius 2 is 2.24 bits per heavy atom. The molecule has 2 nitrogen and oxygen atoms in total. The van der Waals surface area contributed by atoms with Gasteiger partial charge < -0.3 is 5.32 Å². The Labute approximate surface area is 115 Å². The van der Waals surface area contributed by atoms with E-state index in [9.17, 15) is 4.79 Å². The van der Waals surface area contributed by atoms with Gasteiger partial charge >= 0.3 is 0 Å². The van der Waals surface area contributed by atoms with Gasteiger partial charge in [-0.1, -0.05) is 28.8 Å². The van der Waals surface area contributed by atoms with Gasteiger partial charge in [-0.25, -0.2) is 0 Å². The van der Waals surface area contributed by atoms with Crippen molar-refractivity contribution in [2.24, 2.45) is 5.92 Å². The Morgan fingerprint density at radius 1 is 1.47 bits per heavy atom. The number of rotatable bonds is 3. The Balaban J connectivity index is 1.86. The molecule has 0 saturated heterocycles. The van der Waals surface area contributed by atoms with Crippen LogP contribution in [0.15, 0.2) is 10.8 Å². The average molecular weight is 316 g/mol. The number of carbonyl (C=O) groups is 1. The summed E-state index contributed by atoms with van der Waals surface area (Å²) in [5, 5.41) is 7.01. The van der Waals surface area contributed by atoms with E-state index in [2.05, 4.69) is 21.2 Å². The van der Waals surface area contributed by atoms with Crippen molar-refractivity contribution in [3.8, 4) is 0 Å². The molecule has 17 heavy (non-hydrogen) atoms. The molecule has 94 valence electrons. The van der Waals surface area contributed by atoms with Gasteiger partial charge in [0.15, 0.2) is 0 Å². The van der Waals surface area contributed by atoms with Crippen LogP contribution in [0.25, 0.3) is 0 Å². The van der Waals surface area contributed by atoms with E-state index in [1.165, 1.54) is 25.7 Å². The molecular formula is C13H18BrNOS.